The molecule has 0 fully saturated rings. The van der Waals surface area contributed by atoms with Gasteiger partial charge in [-0.25, -0.2) is 4.68 Å². The summed E-state index contributed by atoms with van der Waals surface area (Å²) in [5.41, 5.74) is 2.73. The number of carbonyl (C=O) groups is 1. The van der Waals surface area contributed by atoms with Crippen LogP contribution >= 0.6 is 0 Å². The van der Waals surface area contributed by atoms with Gasteiger partial charge in [-0.15, -0.1) is 0 Å². The molecule has 146 valence electrons. The van der Waals surface area contributed by atoms with Gasteiger partial charge in [0, 0.05) is 5.69 Å². The lowest BCUT2D eigenvalue weighted by atomic mass is 10.1. The third-order valence-corrected chi connectivity index (χ3v) is 4.81. The molecule has 7 heteroatoms. The summed E-state index contributed by atoms with van der Waals surface area (Å²) in [4.78, 5) is 27.9. The Bertz CT molecular complexity index is 1270. The van der Waals surface area contributed by atoms with Gasteiger partial charge in [-0.05, 0) is 48.7 Å². The number of amides is 1. The number of aromatic hydroxyl groups is 1. The zero-order valence-electron chi connectivity index (χ0n) is 16.1. The molecule has 3 N–H and O–H groups in total. The van der Waals surface area contributed by atoms with Gasteiger partial charge in [-0.3, -0.25) is 9.59 Å². The summed E-state index contributed by atoms with van der Waals surface area (Å²) < 4.78 is 1.52. The molecule has 0 aliphatic heterocycles. The minimum absolute atomic E-state index is 0.289. The molecule has 29 heavy (non-hydrogen) atoms. The van der Waals surface area contributed by atoms with Gasteiger partial charge in [0.05, 0.1) is 17.3 Å². The van der Waals surface area contributed by atoms with Crippen LogP contribution < -0.4 is 10.9 Å². The van der Waals surface area contributed by atoms with Crippen LogP contribution in [0, 0.1) is 6.92 Å². The van der Waals surface area contributed by atoms with Crippen molar-refractivity contribution in [1.29, 1.82) is 0 Å². The molecule has 2 heterocycles. The molecule has 0 unspecified atom stereocenters. The number of aryl methyl sites for hydroxylation is 2. The molecule has 4 aromatic rings. The van der Waals surface area contributed by atoms with E-state index in [1.807, 2.05) is 50.2 Å². The van der Waals surface area contributed by atoms with Crippen molar-refractivity contribution in [2.75, 3.05) is 5.32 Å². The first-order chi connectivity index (χ1) is 14.0. The molecule has 0 aliphatic rings. The highest BCUT2D eigenvalue weighted by atomic mass is 16.3. The molecular formula is C22H20N4O3. The number of rotatable bonds is 4. The van der Waals surface area contributed by atoms with Crippen molar-refractivity contribution in [2.45, 2.75) is 20.3 Å². The van der Waals surface area contributed by atoms with Gasteiger partial charge in [-0.2, -0.15) is 5.10 Å². The maximum absolute atomic E-state index is 12.7. The van der Waals surface area contributed by atoms with E-state index in [4.69, 9.17) is 0 Å². The van der Waals surface area contributed by atoms with Gasteiger partial charge in [0.15, 0.2) is 0 Å². The van der Waals surface area contributed by atoms with E-state index in [1.54, 1.807) is 12.1 Å². The number of aromatic amines is 1. The van der Waals surface area contributed by atoms with Gasteiger partial charge in [0.1, 0.15) is 17.0 Å². The van der Waals surface area contributed by atoms with E-state index in [-0.39, 0.29) is 10.9 Å². The number of fused-ring (bicyclic) bond motifs is 1. The van der Waals surface area contributed by atoms with E-state index >= 15 is 0 Å². The molecule has 2 aromatic carbocycles. The highest BCUT2D eigenvalue weighted by Gasteiger charge is 2.22. The number of aromatic nitrogens is 3. The maximum atomic E-state index is 12.7. The van der Waals surface area contributed by atoms with Crippen LogP contribution in [0.1, 0.15) is 28.4 Å². The summed E-state index contributed by atoms with van der Waals surface area (Å²) in [7, 11) is 0. The lowest BCUT2D eigenvalue weighted by Gasteiger charge is -2.09. The van der Waals surface area contributed by atoms with E-state index in [2.05, 4.69) is 15.4 Å². The smallest absolute Gasteiger partial charge is 0.266 e. The number of anilines is 1. The Kier molecular flexibility index (Phi) is 4.64. The molecule has 2 aromatic heterocycles. The lowest BCUT2D eigenvalue weighted by Crippen LogP contribution is -2.23. The number of H-pyrrole nitrogens is 1. The van der Waals surface area contributed by atoms with Crippen LogP contribution in [0.2, 0.25) is 0 Å². The van der Waals surface area contributed by atoms with Gasteiger partial charge in [0.2, 0.25) is 0 Å². The van der Waals surface area contributed by atoms with E-state index in [9.17, 15) is 14.7 Å². The maximum Gasteiger partial charge on any atom is 0.266 e. The number of nitrogens with one attached hydrogen (secondary N) is 2. The van der Waals surface area contributed by atoms with Crippen molar-refractivity contribution in [3.63, 3.8) is 0 Å². The number of nitrogens with zero attached hydrogens (tertiary/aromatic N) is 2. The second-order valence-electron chi connectivity index (χ2n) is 6.84. The predicted octanol–water partition coefficient (Wildman–Crippen LogP) is 3.54. The van der Waals surface area contributed by atoms with Crippen molar-refractivity contribution in [3.8, 4) is 11.4 Å². The minimum Gasteiger partial charge on any atom is -0.506 e. The van der Waals surface area contributed by atoms with Gasteiger partial charge in [0.25, 0.3) is 11.5 Å². The summed E-state index contributed by atoms with van der Waals surface area (Å²) in [5, 5.41) is 17.9. The van der Waals surface area contributed by atoms with E-state index in [1.165, 1.54) is 10.9 Å². The van der Waals surface area contributed by atoms with Crippen molar-refractivity contribution in [1.82, 2.24) is 14.8 Å². The van der Waals surface area contributed by atoms with Crippen molar-refractivity contribution in [2.24, 2.45) is 0 Å². The lowest BCUT2D eigenvalue weighted by molar-refractivity contribution is 0.102. The highest BCUT2D eigenvalue weighted by molar-refractivity contribution is 6.08. The fraction of sp³-hybridized carbons (Fsp3) is 0.136. The Hall–Kier alpha value is -3.87. The fourth-order valence-electron chi connectivity index (χ4n) is 3.24. The molecule has 0 saturated carbocycles. The average molecular weight is 388 g/mol. The molecule has 4 rings (SSSR count). The van der Waals surface area contributed by atoms with Gasteiger partial charge < -0.3 is 15.4 Å². The molecule has 0 bridgehead atoms. The second-order valence-corrected chi connectivity index (χ2v) is 6.84. The van der Waals surface area contributed by atoms with Crippen molar-refractivity contribution >= 4 is 22.6 Å². The zero-order chi connectivity index (χ0) is 20.5. The van der Waals surface area contributed by atoms with Crippen LogP contribution in [-0.4, -0.2) is 25.8 Å². The molecule has 0 radical (unpaired) electrons. The van der Waals surface area contributed by atoms with Crippen LogP contribution in [0.15, 0.2) is 59.5 Å². The summed E-state index contributed by atoms with van der Waals surface area (Å²) in [5.74, 6) is -1.08. The third kappa shape index (κ3) is 3.38. The van der Waals surface area contributed by atoms with Gasteiger partial charge in [-0.1, -0.05) is 31.2 Å². The summed E-state index contributed by atoms with van der Waals surface area (Å²) in [6.07, 6.45) is 2.31. The zero-order valence-corrected chi connectivity index (χ0v) is 16.1. The van der Waals surface area contributed by atoms with E-state index in [0.717, 1.165) is 23.2 Å². The number of hydrogen-bond acceptors (Lipinski definition) is 4. The summed E-state index contributed by atoms with van der Waals surface area (Å²) in [6, 6.07) is 14.9. The molecule has 0 atom stereocenters. The van der Waals surface area contributed by atoms with E-state index < -0.39 is 17.2 Å². The molecule has 0 spiro atoms. The Morgan fingerprint density at radius 3 is 2.66 bits per heavy atom. The van der Waals surface area contributed by atoms with Crippen LogP contribution in [0.4, 0.5) is 5.69 Å². The Labute approximate surface area is 166 Å². The molecule has 0 aliphatic carbocycles. The molecule has 1 amide bonds. The predicted molar refractivity (Wildman–Crippen MR) is 112 cm³/mol. The van der Waals surface area contributed by atoms with E-state index in [0.29, 0.717) is 11.3 Å². The highest BCUT2D eigenvalue weighted by Crippen LogP contribution is 2.27. The SMILES string of the molecule is CCc1ccc(NC(=O)c2c(O)c3cnn(-c4cccc(C)c4)c3[nH]c2=O)cc1. The monoisotopic (exact) mass is 388 g/mol. The number of pyridine rings is 1. The van der Waals surface area contributed by atoms with Crippen LogP contribution in [-0.2, 0) is 6.42 Å². The van der Waals surface area contributed by atoms with Crippen LogP contribution in [0.25, 0.3) is 16.7 Å². The molecule has 7 nitrogen and oxygen atoms in total. The molecular weight excluding hydrogens is 368 g/mol. The normalized spacial score (nSPS) is 11.0. The van der Waals surface area contributed by atoms with Gasteiger partial charge >= 0.3 is 0 Å². The quantitative estimate of drug-likeness (QED) is 0.498. The minimum atomic E-state index is -0.688. The largest absolute Gasteiger partial charge is 0.506 e. The summed E-state index contributed by atoms with van der Waals surface area (Å²) >= 11 is 0. The van der Waals surface area contributed by atoms with Crippen LogP contribution in [0.3, 0.4) is 0 Å². The second kappa shape index (κ2) is 7.27. The first-order valence-electron chi connectivity index (χ1n) is 9.28. The first-order valence-corrected chi connectivity index (χ1v) is 9.28. The number of hydrogen-bond donors (Lipinski definition) is 3. The number of benzene rings is 2. The Balaban J connectivity index is 1.74. The van der Waals surface area contributed by atoms with Crippen molar-refractivity contribution < 1.29 is 9.90 Å². The average Bonchev–Trinajstić information content (AvgIpc) is 3.12. The topological polar surface area (TPSA) is 100 Å². The van der Waals surface area contributed by atoms with Crippen LogP contribution in [0.5, 0.6) is 5.75 Å². The first kappa shape index (κ1) is 18.5. The molecule has 0 saturated heterocycles. The third-order valence-electron chi connectivity index (χ3n) is 4.81. The summed E-state index contributed by atoms with van der Waals surface area (Å²) in [6.45, 7) is 3.99. The number of carbonyl (C=O) groups excluding carboxylic acids is 1. The Morgan fingerprint density at radius 2 is 1.97 bits per heavy atom. The standard InChI is InChI=1S/C22H20N4O3/c1-3-14-7-9-15(10-8-14)24-21(28)18-19(27)17-12-23-26(20(17)25-22(18)29)16-6-4-5-13(2)11-16/h4-12H,3H2,1-2H3,(H,24,28)(H2,25,27,29). The fourth-order valence-corrected chi connectivity index (χ4v) is 3.24. The Morgan fingerprint density at radius 1 is 1.21 bits per heavy atom. The van der Waals surface area contributed by atoms with Crippen molar-refractivity contribution in [3.05, 3.63) is 81.8 Å².